The number of rotatable bonds is 5. The quantitative estimate of drug-likeness (QED) is 0.684. The second-order valence-corrected chi connectivity index (χ2v) is 8.58. The topological polar surface area (TPSA) is 49.9 Å². The van der Waals surface area contributed by atoms with Crippen molar-refractivity contribution in [3.63, 3.8) is 0 Å². The number of carbonyl (C=O) groups excluding carboxylic acids is 2. The number of amides is 2. The van der Waals surface area contributed by atoms with Gasteiger partial charge >= 0.3 is 0 Å². The monoisotopic (exact) mass is 442 g/mol. The van der Waals surface area contributed by atoms with E-state index in [0.29, 0.717) is 31.0 Å². The van der Waals surface area contributed by atoms with E-state index in [4.69, 9.17) is 4.74 Å². The largest absolute Gasteiger partial charge is 0.493 e. The van der Waals surface area contributed by atoms with Crippen molar-refractivity contribution in [2.75, 3.05) is 32.8 Å². The Morgan fingerprint density at radius 3 is 2.47 bits per heavy atom. The first-order chi connectivity index (χ1) is 15.5. The van der Waals surface area contributed by atoms with E-state index in [1.807, 2.05) is 23.1 Å². The van der Waals surface area contributed by atoms with Gasteiger partial charge in [-0.2, -0.15) is 0 Å². The molecular formula is C25H28F2N2O3. The van der Waals surface area contributed by atoms with Crippen molar-refractivity contribution in [2.45, 2.75) is 32.1 Å². The zero-order valence-corrected chi connectivity index (χ0v) is 18.1. The molecule has 2 saturated heterocycles. The molecule has 2 aromatic rings. The summed E-state index contributed by atoms with van der Waals surface area (Å²) < 4.78 is 33.1. The summed E-state index contributed by atoms with van der Waals surface area (Å²) in [7, 11) is 0. The minimum atomic E-state index is -0.844. The number of halogens is 2. The second kappa shape index (κ2) is 10.1. The van der Waals surface area contributed by atoms with Crippen LogP contribution in [-0.4, -0.2) is 54.4 Å². The first-order valence-corrected chi connectivity index (χ1v) is 11.3. The Kier molecular flexibility index (Phi) is 7.02. The fourth-order valence-corrected chi connectivity index (χ4v) is 4.43. The maximum Gasteiger partial charge on any atom is 0.256 e. The molecule has 0 N–H and O–H groups in total. The molecule has 2 aromatic carbocycles. The molecule has 2 amide bonds. The highest BCUT2D eigenvalue weighted by Gasteiger charge is 2.27. The molecule has 170 valence electrons. The number of benzene rings is 2. The van der Waals surface area contributed by atoms with Gasteiger partial charge < -0.3 is 14.5 Å². The summed E-state index contributed by atoms with van der Waals surface area (Å²) in [5.74, 6) is -1.22. The maximum absolute atomic E-state index is 14.0. The Hall–Kier alpha value is -2.96. The summed E-state index contributed by atoms with van der Waals surface area (Å²) in [6, 6.07) is 10.2. The van der Waals surface area contributed by atoms with Gasteiger partial charge in [-0.15, -0.1) is 0 Å². The lowest BCUT2D eigenvalue weighted by molar-refractivity contribution is 0.0627. The van der Waals surface area contributed by atoms with Crippen LogP contribution in [0, 0.1) is 17.6 Å². The van der Waals surface area contributed by atoms with E-state index < -0.39 is 17.5 Å². The Morgan fingerprint density at radius 2 is 1.69 bits per heavy atom. The average molecular weight is 443 g/mol. The fourth-order valence-electron chi connectivity index (χ4n) is 4.43. The summed E-state index contributed by atoms with van der Waals surface area (Å²) in [6.45, 7) is 2.97. The molecule has 2 fully saturated rings. The highest BCUT2D eigenvalue weighted by molar-refractivity contribution is 5.95. The lowest BCUT2D eigenvalue weighted by atomic mass is 9.98. The van der Waals surface area contributed by atoms with Crippen molar-refractivity contribution < 1.29 is 23.1 Å². The van der Waals surface area contributed by atoms with Gasteiger partial charge in [0.2, 0.25) is 0 Å². The van der Waals surface area contributed by atoms with E-state index >= 15 is 0 Å². The van der Waals surface area contributed by atoms with Crippen LogP contribution < -0.4 is 4.74 Å². The Morgan fingerprint density at radius 1 is 0.906 bits per heavy atom. The first-order valence-electron chi connectivity index (χ1n) is 11.3. The summed E-state index contributed by atoms with van der Waals surface area (Å²) in [4.78, 5) is 28.9. The zero-order chi connectivity index (χ0) is 22.5. The molecule has 0 radical (unpaired) electrons. The van der Waals surface area contributed by atoms with Crippen molar-refractivity contribution in [1.82, 2.24) is 9.80 Å². The Bertz CT molecular complexity index is 975. The highest BCUT2D eigenvalue weighted by Crippen LogP contribution is 2.23. The van der Waals surface area contributed by atoms with Crippen molar-refractivity contribution in [3.05, 3.63) is 65.2 Å². The van der Waals surface area contributed by atoms with Crippen LogP contribution >= 0.6 is 0 Å². The lowest BCUT2D eigenvalue weighted by Gasteiger charge is -2.32. The number of ether oxygens (including phenoxy) is 1. The van der Waals surface area contributed by atoms with E-state index in [2.05, 4.69) is 0 Å². The normalized spacial score (nSPS) is 19.0. The van der Waals surface area contributed by atoms with E-state index in [0.717, 1.165) is 50.9 Å². The molecule has 2 heterocycles. The molecule has 4 rings (SSSR count). The predicted molar refractivity (Wildman–Crippen MR) is 117 cm³/mol. The number of hydrogen-bond acceptors (Lipinski definition) is 3. The fraction of sp³-hybridized carbons (Fsp3) is 0.440. The Labute approximate surface area is 187 Å². The first kappa shape index (κ1) is 22.2. The van der Waals surface area contributed by atoms with Crippen molar-refractivity contribution >= 4 is 11.8 Å². The Balaban J connectivity index is 1.34. The minimum Gasteiger partial charge on any atom is -0.493 e. The molecule has 0 unspecified atom stereocenters. The molecule has 0 bridgehead atoms. The molecule has 32 heavy (non-hydrogen) atoms. The third kappa shape index (κ3) is 5.26. The van der Waals surface area contributed by atoms with E-state index in [1.54, 1.807) is 11.0 Å². The van der Waals surface area contributed by atoms with Gasteiger partial charge in [-0.25, -0.2) is 8.78 Å². The molecule has 0 saturated carbocycles. The summed E-state index contributed by atoms with van der Waals surface area (Å²) >= 11 is 0. The van der Waals surface area contributed by atoms with Crippen LogP contribution in [0.1, 0.15) is 52.8 Å². The third-order valence-corrected chi connectivity index (χ3v) is 6.18. The van der Waals surface area contributed by atoms with Crippen LogP contribution in [0.3, 0.4) is 0 Å². The van der Waals surface area contributed by atoms with Crippen LogP contribution in [0.2, 0.25) is 0 Å². The van der Waals surface area contributed by atoms with Gasteiger partial charge in [0.25, 0.3) is 11.8 Å². The molecule has 0 aliphatic carbocycles. The SMILES string of the molecule is O=C(c1cccc(OC[C@H]2CCCN(C(=O)c3ccc(F)cc3F)C2)c1)N1CCCCC1. The van der Waals surface area contributed by atoms with Crippen molar-refractivity contribution in [2.24, 2.45) is 5.92 Å². The van der Waals surface area contributed by atoms with Gasteiger partial charge in [0.1, 0.15) is 17.4 Å². The molecule has 1 atom stereocenters. The van der Waals surface area contributed by atoms with E-state index in [-0.39, 0.29) is 17.4 Å². The number of carbonyl (C=O) groups is 2. The summed E-state index contributed by atoms with van der Waals surface area (Å²) in [5.41, 5.74) is 0.508. The van der Waals surface area contributed by atoms with E-state index in [9.17, 15) is 18.4 Å². The minimum absolute atomic E-state index is 0.0333. The van der Waals surface area contributed by atoms with E-state index in [1.165, 1.54) is 12.5 Å². The van der Waals surface area contributed by atoms with Crippen LogP contribution in [0.4, 0.5) is 8.78 Å². The second-order valence-electron chi connectivity index (χ2n) is 8.58. The molecule has 5 nitrogen and oxygen atoms in total. The number of nitrogens with zero attached hydrogens (tertiary/aromatic N) is 2. The maximum atomic E-state index is 14.0. The highest BCUT2D eigenvalue weighted by atomic mass is 19.1. The van der Waals surface area contributed by atoms with Gasteiger partial charge in [-0.05, 0) is 62.4 Å². The van der Waals surface area contributed by atoms with Gasteiger partial charge in [0, 0.05) is 43.7 Å². The van der Waals surface area contributed by atoms with Gasteiger partial charge in [0.05, 0.1) is 12.2 Å². The van der Waals surface area contributed by atoms with Crippen molar-refractivity contribution in [3.8, 4) is 5.75 Å². The summed E-state index contributed by atoms with van der Waals surface area (Å²) in [5, 5.41) is 0. The molecule has 7 heteroatoms. The lowest BCUT2D eigenvalue weighted by Crippen LogP contribution is -2.41. The van der Waals surface area contributed by atoms with Crippen LogP contribution in [0.15, 0.2) is 42.5 Å². The van der Waals surface area contributed by atoms with Gasteiger partial charge in [-0.3, -0.25) is 9.59 Å². The third-order valence-electron chi connectivity index (χ3n) is 6.18. The van der Waals surface area contributed by atoms with Gasteiger partial charge in [0.15, 0.2) is 0 Å². The number of likely N-dealkylation sites (tertiary alicyclic amines) is 2. The standard InChI is InChI=1S/C25H28F2N2O3/c26-20-9-10-22(23(27)15-20)25(31)29-13-5-6-18(16-29)17-32-21-8-4-7-19(14-21)24(30)28-11-2-1-3-12-28/h4,7-10,14-15,18H,1-3,5-6,11-13,16-17H2/t18-/m0/s1. The molecule has 2 aliphatic rings. The smallest absolute Gasteiger partial charge is 0.256 e. The molecule has 0 spiro atoms. The van der Waals surface area contributed by atoms with Gasteiger partial charge in [-0.1, -0.05) is 6.07 Å². The molecular weight excluding hydrogens is 414 g/mol. The predicted octanol–water partition coefficient (Wildman–Crippen LogP) is 4.52. The van der Waals surface area contributed by atoms with Crippen molar-refractivity contribution in [1.29, 1.82) is 0 Å². The molecule has 2 aliphatic heterocycles. The average Bonchev–Trinajstić information content (AvgIpc) is 2.83. The number of piperidine rings is 2. The van der Waals surface area contributed by atoms with Crippen LogP contribution in [0.5, 0.6) is 5.75 Å². The van der Waals surface area contributed by atoms with Crippen LogP contribution in [-0.2, 0) is 0 Å². The zero-order valence-electron chi connectivity index (χ0n) is 18.1. The van der Waals surface area contributed by atoms with Crippen LogP contribution in [0.25, 0.3) is 0 Å². The summed E-state index contributed by atoms with van der Waals surface area (Å²) in [6.07, 6.45) is 4.93. The molecule has 0 aromatic heterocycles. The number of hydrogen-bond donors (Lipinski definition) is 0.